The van der Waals surface area contributed by atoms with E-state index in [1.54, 1.807) is 0 Å². The van der Waals surface area contributed by atoms with Crippen molar-refractivity contribution < 1.29 is 24.2 Å². The minimum Gasteiger partial charge on any atom is -0.481 e. The maximum absolute atomic E-state index is 12.9. The quantitative estimate of drug-likeness (QED) is 0.552. The molecule has 184 valence electrons. The zero-order valence-electron chi connectivity index (χ0n) is 19.7. The Morgan fingerprint density at radius 3 is 2.17 bits per heavy atom. The topological polar surface area (TPSA) is 105 Å². The summed E-state index contributed by atoms with van der Waals surface area (Å²) in [5.41, 5.74) is 4.67. The highest BCUT2D eigenvalue weighted by atomic mass is 16.5. The lowest BCUT2D eigenvalue weighted by molar-refractivity contribution is -0.143. The summed E-state index contributed by atoms with van der Waals surface area (Å²) in [6, 6.07) is 16.1. The van der Waals surface area contributed by atoms with Gasteiger partial charge in [0.05, 0.1) is 11.8 Å². The monoisotopic (exact) mass is 476 g/mol. The first-order valence-electron chi connectivity index (χ1n) is 12.6. The number of nitrogens with one attached hydrogen (secondary N) is 2. The number of aliphatic carboxylic acids is 1. The number of ether oxygens (including phenoxy) is 1. The maximum atomic E-state index is 12.9. The number of benzene rings is 2. The van der Waals surface area contributed by atoms with E-state index in [0.29, 0.717) is 19.4 Å². The standard InChI is InChI=1S/C28H32N2O5/c31-26(29-15-17-7-5-12-18(17)27(32)33)23-13-6-14-25(23)30-28(34)35-16-24-21-10-3-1-8-19(21)20-9-2-4-11-22(20)24/h1-4,8-11,17-18,23-25H,5-7,12-16H2,(H,29,31)(H,30,34)(H,32,33)/t17-,18-,23?,25?/m1/s1. The molecule has 0 saturated heterocycles. The lowest BCUT2D eigenvalue weighted by Gasteiger charge is -2.23. The molecule has 2 aromatic carbocycles. The molecule has 0 heterocycles. The Hall–Kier alpha value is -3.35. The highest BCUT2D eigenvalue weighted by molar-refractivity contribution is 5.81. The largest absolute Gasteiger partial charge is 0.481 e. The molecule has 0 aliphatic heterocycles. The Bertz CT molecular complexity index is 1070. The Balaban J connectivity index is 1.15. The third kappa shape index (κ3) is 4.77. The van der Waals surface area contributed by atoms with Crippen molar-refractivity contribution in [1.29, 1.82) is 0 Å². The van der Waals surface area contributed by atoms with Crippen LogP contribution in [-0.2, 0) is 14.3 Å². The zero-order chi connectivity index (χ0) is 24.4. The maximum Gasteiger partial charge on any atom is 0.407 e. The summed E-state index contributed by atoms with van der Waals surface area (Å²) in [6.45, 7) is 0.617. The van der Waals surface area contributed by atoms with Crippen molar-refractivity contribution in [2.75, 3.05) is 13.2 Å². The summed E-state index contributed by atoms with van der Waals surface area (Å²) >= 11 is 0. The van der Waals surface area contributed by atoms with E-state index in [1.165, 1.54) is 11.1 Å². The number of hydrogen-bond acceptors (Lipinski definition) is 4. The molecule has 2 unspecified atom stereocenters. The summed E-state index contributed by atoms with van der Waals surface area (Å²) < 4.78 is 5.66. The first-order valence-corrected chi connectivity index (χ1v) is 12.6. The van der Waals surface area contributed by atoms with Crippen molar-refractivity contribution in [3.05, 3.63) is 59.7 Å². The second-order valence-corrected chi connectivity index (χ2v) is 9.99. The van der Waals surface area contributed by atoms with Crippen molar-refractivity contribution in [3.8, 4) is 11.1 Å². The molecule has 2 amide bonds. The van der Waals surface area contributed by atoms with Crippen LogP contribution in [0.4, 0.5) is 4.79 Å². The minimum absolute atomic E-state index is 0.00980. The molecule has 3 N–H and O–H groups in total. The van der Waals surface area contributed by atoms with Crippen LogP contribution in [0, 0.1) is 17.8 Å². The van der Waals surface area contributed by atoms with E-state index < -0.39 is 12.1 Å². The van der Waals surface area contributed by atoms with Crippen LogP contribution < -0.4 is 10.6 Å². The Morgan fingerprint density at radius 2 is 1.49 bits per heavy atom. The number of carboxylic acid groups (broad SMARTS) is 1. The van der Waals surface area contributed by atoms with E-state index in [0.717, 1.165) is 36.8 Å². The number of carbonyl (C=O) groups excluding carboxylic acids is 2. The highest BCUT2D eigenvalue weighted by Gasteiger charge is 2.37. The van der Waals surface area contributed by atoms with Gasteiger partial charge in [-0.2, -0.15) is 0 Å². The van der Waals surface area contributed by atoms with Crippen LogP contribution in [0.2, 0.25) is 0 Å². The predicted molar refractivity (Wildman–Crippen MR) is 131 cm³/mol. The summed E-state index contributed by atoms with van der Waals surface area (Å²) in [6.07, 6.45) is 4.16. The lowest BCUT2D eigenvalue weighted by atomic mass is 9.95. The summed E-state index contributed by atoms with van der Waals surface area (Å²) in [5.74, 6) is -1.62. The normalized spacial score (nSPS) is 25.0. The van der Waals surface area contributed by atoms with Gasteiger partial charge in [-0.1, -0.05) is 61.4 Å². The zero-order valence-corrected chi connectivity index (χ0v) is 19.7. The first kappa shape index (κ1) is 23.4. The van der Waals surface area contributed by atoms with Gasteiger partial charge in [-0.3, -0.25) is 9.59 Å². The van der Waals surface area contributed by atoms with E-state index >= 15 is 0 Å². The van der Waals surface area contributed by atoms with Crippen molar-refractivity contribution in [2.24, 2.45) is 17.8 Å². The van der Waals surface area contributed by atoms with Crippen molar-refractivity contribution in [1.82, 2.24) is 10.6 Å². The minimum atomic E-state index is -0.780. The van der Waals surface area contributed by atoms with Gasteiger partial charge >= 0.3 is 12.1 Å². The van der Waals surface area contributed by atoms with E-state index in [-0.39, 0.29) is 42.2 Å². The van der Waals surface area contributed by atoms with Gasteiger partial charge in [-0.15, -0.1) is 0 Å². The number of hydrogen-bond donors (Lipinski definition) is 3. The molecule has 4 atom stereocenters. The average Bonchev–Trinajstić information content (AvgIpc) is 3.59. The second kappa shape index (κ2) is 10.1. The van der Waals surface area contributed by atoms with Crippen molar-refractivity contribution in [3.63, 3.8) is 0 Å². The molecule has 2 fully saturated rings. The molecular formula is C28H32N2O5. The van der Waals surface area contributed by atoms with E-state index in [1.807, 2.05) is 24.3 Å². The lowest BCUT2D eigenvalue weighted by Crippen LogP contribution is -2.45. The van der Waals surface area contributed by atoms with Crippen LogP contribution in [0.1, 0.15) is 55.6 Å². The van der Waals surface area contributed by atoms with Crippen LogP contribution >= 0.6 is 0 Å². The summed E-state index contributed by atoms with van der Waals surface area (Å²) in [5, 5.41) is 15.2. The van der Waals surface area contributed by atoms with Crippen LogP contribution in [0.5, 0.6) is 0 Å². The van der Waals surface area contributed by atoms with Gasteiger partial charge in [0, 0.05) is 18.5 Å². The van der Waals surface area contributed by atoms with Gasteiger partial charge < -0.3 is 20.5 Å². The van der Waals surface area contributed by atoms with Crippen LogP contribution in [0.15, 0.2) is 48.5 Å². The fourth-order valence-corrected chi connectivity index (χ4v) is 6.21. The Labute approximate surface area is 205 Å². The average molecular weight is 477 g/mol. The predicted octanol–water partition coefficient (Wildman–Crippen LogP) is 4.31. The van der Waals surface area contributed by atoms with E-state index in [2.05, 4.69) is 34.9 Å². The SMILES string of the molecule is O=C(NC1CCCC1C(=O)NC[C@H]1CCC[C@H]1C(=O)O)OCC1c2ccccc2-c2ccccc21. The molecule has 0 spiro atoms. The number of alkyl carbamates (subject to hydrolysis) is 1. The number of fused-ring (bicyclic) bond motifs is 3. The van der Waals surface area contributed by atoms with E-state index in [4.69, 9.17) is 4.74 Å². The molecule has 0 bridgehead atoms. The highest BCUT2D eigenvalue weighted by Crippen LogP contribution is 2.44. The van der Waals surface area contributed by atoms with Crippen LogP contribution in [0.3, 0.4) is 0 Å². The molecule has 0 aromatic heterocycles. The molecule has 3 aliphatic rings. The third-order valence-corrected chi connectivity index (χ3v) is 8.01. The van der Waals surface area contributed by atoms with Gasteiger partial charge in [0.15, 0.2) is 0 Å². The van der Waals surface area contributed by atoms with Gasteiger partial charge in [0.1, 0.15) is 6.61 Å². The molecular weight excluding hydrogens is 444 g/mol. The fraction of sp³-hybridized carbons (Fsp3) is 0.464. The van der Waals surface area contributed by atoms with Crippen molar-refractivity contribution >= 4 is 18.0 Å². The van der Waals surface area contributed by atoms with Gasteiger partial charge in [0.2, 0.25) is 5.91 Å². The van der Waals surface area contributed by atoms with E-state index in [9.17, 15) is 19.5 Å². The Kier molecular flexibility index (Phi) is 6.75. The third-order valence-electron chi connectivity index (χ3n) is 8.01. The van der Waals surface area contributed by atoms with Crippen LogP contribution in [-0.4, -0.2) is 42.3 Å². The molecule has 2 saturated carbocycles. The summed E-state index contributed by atoms with van der Waals surface area (Å²) in [7, 11) is 0. The number of carboxylic acids is 1. The number of rotatable bonds is 7. The van der Waals surface area contributed by atoms with Gasteiger partial charge in [-0.25, -0.2) is 4.79 Å². The van der Waals surface area contributed by atoms with Crippen LogP contribution in [0.25, 0.3) is 11.1 Å². The second-order valence-electron chi connectivity index (χ2n) is 9.99. The van der Waals surface area contributed by atoms with Gasteiger partial charge in [0.25, 0.3) is 0 Å². The fourth-order valence-electron chi connectivity index (χ4n) is 6.21. The van der Waals surface area contributed by atoms with Crippen molar-refractivity contribution in [2.45, 2.75) is 50.5 Å². The molecule has 0 radical (unpaired) electrons. The number of carbonyl (C=O) groups is 3. The Morgan fingerprint density at radius 1 is 0.857 bits per heavy atom. The molecule has 3 aliphatic carbocycles. The molecule has 7 nitrogen and oxygen atoms in total. The first-order chi connectivity index (χ1) is 17.0. The summed E-state index contributed by atoms with van der Waals surface area (Å²) in [4.78, 5) is 37.0. The molecule has 7 heteroatoms. The molecule has 2 aromatic rings. The molecule has 35 heavy (non-hydrogen) atoms. The van der Waals surface area contributed by atoms with Gasteiger partial charge in [-0.05, 0) is 53.9 Å². The number of amides is 2. The smallest absolute Gasteiger partial charge is 0.407 e. The molecule has 5 rings (SSSR count).